The van der Waals surface area contributed by atoms with E-state index in [-0.39, 0.29) is 5.56 Å². The minimum Gasteiger partial charge on any atom is -0.476 e. The standard InChI is InChI=1S/C11H17N3O2/c1-11(2,12)6-16-9-5-8(15)13-10(14-9)7-3-4-7/h5,7H,3-4,6,12H2,1-2H3,(H,13,14,15). The molecule has 0 atom stereocenters. The summed E-state index contributed by atoms with van der Waals surface area (Å²) in [5.41, 5.74) is 5.20. The van der Waals surface area contributed by atoms with Crippen LogP contribution >= 0.6 is 0 Å². The lowest BCUT2D eigenvalue weighted by atomic mass is 10.1. The molecule has 0 saturated heterocycles. The number of hydrogen-bond acceptors (Lipinski definition) is 4. The minimum atomic E-state index is -0.427. The highest BCUT2D eigenvalue weighted by Crippen LogP contribution is 2.37. The Morgan fingerprint density at radius 2 is 2.31 bits per heavy atom. The van der Waals surface area contributed by atoms with E-state index in [9.17, 15) is 4.79 Å². The first-order chi connectivity index (χ1) is 7.44. The third kappa shape index (κ3) is 3.06. The maximum atomic E-state index is 11.4. The van der Waals surface area contributed by atoms with Crippen LogP contribution in [0.4, 0.5) is 0 Å². The van der Waals surface area contributed by atoms with Crippen molar-refractivity contribution in [1.29, 1.82) is 0 Å². The van der Waals surface area contributed by atoms with Gasteiger partial charge in [-0.05, 0) is 26.7 Å². The lowest BCUT2D eigenvalue weighted by Gasteiger charge is -2.18. The Labute approximate surface area is 94.0 Å². The van der Waals surface area contributed by atoms with Gasteiger partial charge in [-0.1, -0.05) is 0 Å². The zero-order valence-electron chi connectivity index (χ0n) is 9.62. The van der Waals surface area contributed by atoms with Crippen molar-refractivity contribution >= 4 is 0 Å². The number of nitrogens with zero attached hydrogens (tertiary/aromatic N) is 1. The van der Waals surface area contributed by atoms with Gasteiger partial charge in [0.2, 0.25) is 5.88 Å². The maximum absolute atomic E-state index is 11.4. The van der Waals surface area contributed by atoms with Crippen LogP contribution < -0.4 is 16.0 Å². The second-order valence-corrected chi connectivity index (χ2v) is 5.02. The van der Waals surface area contributed by atoms with Gasteiger partial charge < -0.3 is 15.5 Å². The quantitative estimate of drug-likeness (QED) is 0.789. The van der Waals surface area contributed by atoms with Crippen molar-refractivity contribution in [1.82, 2.24) is 9.97 Å². The number of ether oxygens (including phenoxy) is 1. The Morgan fingerprint density at radius 3 is 2.88 bits per heavy atom. The molecule has 2 rings (SSSR count). The van der Waals surface area contributed by atoms with Gasteiger partial charge in [-0.3, -0.25) is 4.79 Å². The highest BCUT2D eigenvalue weighted by atomic mass is 16.5. The van der Waals surface area contributed by atoms with Gasteiger partial charge in [-0.2, -0.15) is 4.98 Å². The van der Waals surface area contributed by atoms with Crippen LogP contribution in [0.5, 0.6) is 5.88 Å². The van der Waals surface area contributed by atoms with Crippen LogP contribution in [0.25, 0.3) is 0 Å². The van der Waals surface area contributed by atoms with Crippen molar-refractivity contribution in [3.8, 4) is 5.88 Å². The summed E-state index contributed by atoms with van der Waals surface area (Å²) in [4.78, 5) is 18.4. The summed E-state index contributed by atoms with van der Waals surface area (Å²) in [5, 5.41) is 0. The Bertz CT molecular complexity index is 430. The molecule has 3 N–H and O–H groups in total. The normalized spacial score (nSPS) is 16.2. The van der Waals surface area contributed by atoms with Crippen molar-refractivity contribution in [2.24, 2.45) is 5.73 Å². The summed E-state index contributed by atoms with van der Waals surface area (Å²) in [6.45, 7) is 4.07. The molecular weight excluding hydrogens is 206 g/mol. The van der Waals surface area contributed by atoms with Gasteiger partial charge in [0, 0.05) is 11.5 Å². The maximum Gasteiger partial charge on any atom is 0.254 e. The highest BCUT2D eigenvalue weighted by Gasteiger charge is 2.26. The van der Waals surface area contributed by atoms with Crippen LogP contribution in [0, 0.1) is 0 Å². The van der Waals surface area contributed by atoms with Crippen LogP contribution in [0.1, 0.15) is 38.4 Å². The molecule has 0 aromatic carbocycles. The zero-order valence-corrected chi connectivity index (χ0v) is 9.62. The fourth-order valence-electron chi connectivity index (χ4n) is 1.34. The van der Waals surface area contributed by atoms with Gasteiger partial charge in [-0.15, -0.1) is 0 Å². The molecule has 1 aliphatic rings. The van der Waals surface area contributed by atoms with Crippen LogP contribution in [0.3, 0.4) is 0 Å². The van der Waals surface area contributed by atoms with E-state index in [2.05, 4.69) is 9.97 Å². The average Bonchev–Trinajstić information content (AvgIpc) is 2.95. The Morgan fingerprint density at radius 1 is 1.62 bits per heavy atom. The van der Waals surface area contributed by atoms with E-state index < -0.39 is 5.54 Å². The molecule has 1 aliphatic carbocycles. The number of aromatic nitrogens is 2. The van der Waals surface area contributed by atoms with E-state index in [0.717, 1.165) is 18.7 Å². The van der Waals surface area contributed by atoms with Crippen molar-refractivity contribution in [3.05, 3.63) is 22.2 Å². The summed E-state index contributed by atoms with van der Waals surface area (Å²) in [5.74, 6) is 1.50. The Balaban J connectivity index is 2.11. The van der Waals surface area contributed by atoms with Gasteiger partial charge in [-0.25, -0.2) is 0 Å². The van der Waals surface area contributed by atoms with Crippen LogP contribution in [-0.4, -0.2) is 22.1 Å². The highest BCUT2D eigenvalue weighted by molar-refractivity contribution is 5.14. The number of rotatable bonds is 4. The molecule has 0 unspecified atom stereocenters. The lowest BCUT2D eigenvalue weighted by molar-refractivity contribution is 0.234. The van der Waals surface area contributed by atoms with Gasteiger partial charge in [0.25, 0.3) is 5.56 Å². The zero-order chi connectivity index (χ0) is 11.8. The molecule has 16 heavy (non-hydrogen) atoms. The molecule has 1 heterocycles. The first kappa shape index (κ1) is 11.1. The first-order valence-electron chi connectivity index (χ1n) is 5.47. The van der Waals surface area contributed by atoms with E-state index >= 15 is 0 Å². The molecule has 0 radical (unpaired) electrons. The SMILES string of the molecule is CC(C)(N)COc1cc(=O)[nH]c(C2CC2)n1. The van der Waals surface area contributed by atoms with Gasteiger partial charge in [0.15, 0.2) is 0 Å². The molecule has 1 aromatic rings. The molecule has 5 heteroatoms. The Kier molecular flexibility index (Phi) is 2.71. The van der Waals surface area contributed by atoms with Crippen LogP contribution in [0.15, 0.2) is 10.9 Å². The molecule has 1 aromatic heterocycles. The summed E-state index contributed by atoms with van der Waals surface area (Å²) < 4.78 is 5.41. The van der Waals surface area contributed by atoms with Crippen molar-refractivity contribution < 1.29 is 4.74 Å². The number of aromatic amines is 1. The van der Waals surface area contributed by atoms with Crippen LogP contribution in [-0.2, 0) is 0 Å². The molecule has 0 aliphatic heterocycles. The molecule has 0 spiro atoms. The fourth-order valence-corrected chi connectivity index (χ4v) is 1.34. The number of nitrogens with one attached hydrogen (secondary N) is 1. The minimum absolute atomic E-state index is 0.165. The van der Waals surface area contributed by atoms with Gasteiger partial charge >= 0.3 is 0 Å². The third-order valence-corrected chi connectivity index (χ3v) is 2.29. The number of H-pyrrole nitrogens is 1. The summed E-state index contributed by atoms with van der Waals surface area (Å²) in [7, 11) is 0. The van der Waals surface area contributed by atoms with E-state index in [0.29, 0.717) is 18.4 Å². The lowest BCUT2D eigenvalue weighted by Crippen LogP contribution is -2.39. The van der Waals surface area contributed by atoms with Crippen molar-refractivity contribution in [2.45, 2.75) is 38.1 Å². The largest absolute Gasteiger partial charge is 0.476 e. The summed E-state index contributed by atoms with van der Waals surface area (Å²) >= 11 is 0. The molecule has 1 saturated carbocycles. The molecule has 0 bridgehead atoms. The van der Waals surface area contributed by atoms with Crippen molar-refractivity contribution in [3.63, 3.8) is 0 Å². The molecule has 5 nitrogen and oxygen atoms in total. The predicted molar refractivity (Wildman–Crippen MR) is 60.6 cm³/mol. The molecule has 0 amide bonds. The first-order valence-corrected chi connectivity index (χ1v) is 5.47. The predicted octanol–water partition coefficient (Wildman–Crippen LogP) is 0.763. The van der Waals surface area contributed by atoms with E-state index in [1.807, 2.05) is 13.8 Å². The van der Waals surface area contributed by atoms with Crippen molar-refractivity contribution in [2.75, 3.05) is 6.61 Å². The number of hydrogen-bond donors (Lipinski definition) is 2. The molecular formula is C11H17N3O2. The molecule has 1 fully saturated rings. The van der Waals surface area contributed by atoms with Crippen LogP contribution in [0.2, 0.25) is 0 Å². The molecule has 88 valence electrons. The summed E-state index contributed by atoms with van der Waals surface area (Å²) in [6, 6.07) is 1.36. The van der Waals surface area contributed by atoms with E-state index in [1.54, 1.807) is 0 Å². The van der Waals surface area contributed by atoms with E-state index in [1.165, 1.54) is 6.07 Å². The second kappa shape index (κ2) is 3.90. The second-order valence-electron chi connectivity index (χ2n) is 5.02. The van der Waals surface area contributed by atoms with E-state index in [4.69, 9.17) is 10.5 Å². The van der Waals surface area contributed by atoms with Gasteiger partial charge in [0.05, 0.1) is 6.07 Å². The smallest absolute Gasteiger partial charge is 0.254 e. The number of nitrogens with two attached hydrogens (primary N) is 1. The third-order valence-electron chi connectivity index (χ3n) is 2.29. The fraction of sp³-hybridized carbons (Fsp3) is 0.636. The average molecular weight is 223 g/mol. The summed E-state index contributed by atoms with van der Waals surface area (Å²) in [6.07, 6.45) is 2.18. The Hall–Kier alpha value is -1.36. The van der Waals surface area contributed by atoms with Gasteiger partial charge in [0.1, 0.15) is 12.4 Å². The monoisotopic (exact) mass is 223 g/mol. The topological polar surface area (TPSA) is 81.0 Å².